The number of unbranched alkanes of at least 4 members (excludes halogenated alkanes) is 3. The Labute approximate surface area is 76.6 Å². The molecule has 0 aromatic rings. The molecule has 74 valence electrons. The van der Waals surface area contributed by atoms with E-state index in [9.17, 15) is 4.79 Å². The standard InChI is InChI=1S/C7H14N4O2/c8-11-10-6-4-2-1-3-5-9-7(12)13/h9H,1-6H2,(H,12,13). The van der Waals surface area contributed by atoms with Crippen LogP contribution in [0.2, 0.25) is 0 Å². The first-order chi connectivity index (χ1) is 6.27. The minimum absolute atomic E-state index is 0.497. The zero-order valence-electron chi connectivity index (χ0n) is 7.44. The summed E-state index contributed by atoms with van der Waals surface area (Å²) < 4.78 is 0. The maximum atomic E-state index is 10.0. The van der Waals surface area contributed by atoms with Crippen LogP contribution in [0.15, 0.2) is 5.11 Å². The smallest absolute Gasteiger partial charge is 0.404 e. The van der Waals surface area contributed by atoms with E-state index in [0.29, 0.717) is 13.1 Å². The van der Waals surface area contributed by atoms with Crippen LogP contribution in [0.1, 0.15) is 25.7 Å². The summed E-state index contributed by atoms with van der Waals surface area (Å²) in [5.41, 5.74) is 7.95. The fourth-order valence-electron chi connectivity index (χ4n) is 0.901. The van der Waals surface area contributed by atoms with Crippen molar-refractivity contribution in [3.05, 3.63) is 10.4 Å². The zero-order valence-corrected chi connectivity index (χ0v) is 7.44. The van der Waals surface area contributed by atoms with Gasteiger partial charge in [0, 0.05) is 18.0 Å². The molecule has 2 N–H and O–H groups in total. The first kappa shape index (κ1) is 11.6. The van der Waals surface area contributed by atoms with Crippen molar-refractivity contribution < 1.29 is 9.90 Å². The lowest BCUT2D eigenvalue weighted by Gasteiger charge is -1.99. The Morgan fingerprint density at radius 3 is 2.69 bits per heavy atom. The molecule has 1 amide bonds. The lowest BCUT2D eigenvalue weighted by Crippen LogP contribution is -2.21. The quantitative estimate of drug-likeness (QED) is 0.275. The first-order valence-corrected chi connectivity index (χ1v) is 4.25. The van der Waals surface area contributed by atoms with Gasteiger partial charge in [0.15, 0.2) is 0 Å². The average molecular weight is 186 g/mol. The molecule has 0 unspecified atom stereocenters. The van der Waals surface area contributed by atoms with E-state index in [1.165, 1.54) is 0 Å². The maximum Gasteiger partial charge on any atom is 0.404 e. The minimum atomic E-state index is -0.978. The van der Waals surface area contributed by atoms with Gasteiger partial charge in [0.1, 0.15) is 0 Å². The van der Waals surface area contributed by atoms with Gasteiger partial charge < -0.3 is 10.4 Å². The van der Waals surface area contributed by atoms with Crippen LogP contribution in [0.5, 0.6) is 0 Å². The Balaban J connectivity index is 2.99. The molecular weight excluding hydrogens is 172 g/mol. The van der Waals surface area contributed by atoms with Crippen molar-refractivity contribution in [2.45, 2.75) is 25.7 Å². The van der Waals surface area contributed by atoms with Gasteiger partial charge in [0.2, 0.25) is 0 Å². The Hall–Kier alpha value is -1.42. The molecule has 0 saturated heterocycles. The van der Waals surface area contributed by atoms with Crippen LogP contribution in [0.25, 0.3) is 10.4 Å². The van der Waals surface area contributed by atoms with E-state index < -0.39 is 6.09 Å². The molecule has 0 spiro atoms. The second-order valence-electron chi connectivity index (χ2n) is 2.60. The van der Waals surface area contributed by atoms with Crippen LogP contribution in [0.4, 0.5) is 4.79 Å². The highest BCUT2D eigenvalue weighted by molar-refractivity contribution is 5.64. The van der Waals surface area contributed by atoms with Gasteiger partial charge >= 0.3 is 6.09 Å². The van der Waals surface area contributed by atoms with Crippen molar-refractivity contribution in [1.82, 2.24) is 5.32 Å². The number of azide groups is 1. The van der Waals surface area contributed by atoms with Crippen molar-refractivity contribution in [1.29, 1.82) is 0 Å². The molecule has 13 heavy (non-hydrogen) atoms. The summed E-state index contributed by atoms with van der Waals surface area (Å²) >= 11 is 0. The average Bonchev–Trinajstić information content (AvgIpc) is 2.09. The molecular formula is C7H14N4O2. The Morgan fingerprint density at radius 2 is 2.08 bits per heavy atom. The van der Waals surface area contributed by atoms with Gasteiger partial charge in [-0.25, -0.2) is 4.79 Å². The highest BCUT2D eigenvalue weighted by Crippen LogP contribution is 1.98. The predicted molar refractivity (Wildman–Crippen MR) is 48.5 cm³/mol. The number of hydrogen-bond donors (Lipinski definition) is 2. The third-order valence-corrected chi connectivity index (χ3v) is 1.52. The Morgan fingerprint density at radius 1 is 1.38 bits per heavy atom. The molecule has 0 atom stereocenters. The number of rotatable bonds is 7. The maximum absolute atomic E-state index is 10.0. The molecule has 0 bridgehead atoms. The molecule has 0 saturated carbocycles. The van der Waals surface area contributed by atoms with Gasteiger partial charge in [-0.05, 0) is 18.4 Å². The van der Waals surface area contributed by atoms with Crippen molar-refractivity contribution in [3.8, 4) is 0 Å². The highest BCUT2D eigenvalue weighted by atomic mass is 16.4. The normalized spacial score (nSPS) is 8.92. The predicted octanol–water partition coefficient (Wildman–Crippen LogP) is 2.12. The van der Waals surface area contributed by atoms with Gasteiger partial charge in [-0.15, -0.1) is 0 Å². The number of carboxylic acid groups (broad SMARTS) is 1. The highest BCUT2D eigenvalue weighted by Gasteiger charge is 1.92. The van der Waals surface area contributed by atoms with Crippen LogP contribution in [-0.2, 0) is 0 Å². The van der Waals surface area contributed by atoms with E-state index in [4.69, 9.17) is 10.6 Å². The summed E-state index contributed by atoms with van der Waals surface area (Å²) in [5.74, 6) is 0. The fraction of sp³-hybridized carbons (Fsp3) is 0.857. The van der Waals surface area contributed by atoms with Crippen LogP contribution >= 0.6 is 0 Å². The Bertz CT molecular complexity index is 183. The first-order valence-electron chi connectivity index (χ1n) is 4.25. The molecule has 0 radical (unpaired) electrons. The molecule has 0 heterocycles. The van der Waals surface area contributed by atoms with Gasteiger partial charge in [-0.1, -0.05) is 18.0 Å². The summed E-state index contributed by atoms with van der Waals surface area (Å²) in [7, 11) is 0. The third-order valence-electron chi connectivity index (χ3n) is 1.52. The molecule has 0 aliphatic heterocycles. The molecule has 6 nitrogen and oxygen atoms in total. The van der Waals surface area contributed by atoms with Gasteiger partial charge in [-0.2, -0.15) is 0 Å². The van der Waals surface area contributed by atoms with Crippen molar-refractivity contribution in [2.75, 3.05) is 13.1 Å². The lowest BCUT2D eigenvalue weighted by atomic mass is 10.2. The molecule has 0 rings (SSSR count). The van der Waals surface area contributed by atoms with Crippen molar-refractivity contribution in [2.24, 2.45) is 5.11 Å². The van der Waals surface area contributed by atoms with Crippen LogP contribution in [0, 0.1) is 0 Å². The van der Waals surface area contributed by atoms with E-state index in [-0.39, 0.29) is 0 Å². The van der Waals surface area contributed by atoms with E-state index in [0.717, 1.165) is 25.7 Å². The van der Waals surface area contributed by atoms with E-state index in [2.05, 4.69) is 15.3 Å². The number of nitrogens with zero attached hydrogens (tertiary/aromatic N) is 3. The molecule has 0 aliphatic rings. The second-order valence-corrected chi connectivity index (χ2v) is 2.60. The molecule has 6 heteroatoms. The molecule has 0 fully saturated rings. The topological polar surface area (TPSA) is 98.1 Å². The van der Waals surface area contributed by atoms with E-state index in [1.807, 2.05) is 0 Å². The van der Waals surface area contributed by atoms with Gasteiger partial charge in [0.25, 0.3) is 0 Å². The van der Waals surface area contributed by atoms with Crippen molar-refractivity contribution >= 4 is 6.09 Å². The summed E-state index contributed by atoms with van der Waals surface area (Å²) in [6.07, 6.45) is 2.66. The van der Waals surface area contributed by atoms with Gasteiger partial charge in [0.05, 0.1) is 0 Å². The molecule has 0 aromatic carbocycles. The largest absolute Gasteiger partial charge is 0.465 e. The molecule has 0 aromatic heterocycles. The SMILES string of the molecule is [N-]=[N+]=NCCCCCCNC(=O)O. The monoisotopic (exact) mass is 186 g/mol. The minimum Gasteiger partial charge on any atom is -0.465 e. The van der Waals surface area contributed by atoms with Crippen LogP contribution < -0.4 is 5.32 Å². The summed E-state index contributed by atoms with van der Waals surface area (Å²) in [5, 5.41) is 13.9. The van der Waals surface area contributed by atoms with Crippen LogP contribution in [0.3, 0.4) is 0 Å². The summed E-state index contributed by atoms with van der Waals surface area (Å²) in [6, 6.07) is 0. The number of hydrogen-bond acceptors (Lipinski definition) is 2. The van der Waals surface area contributed by atoms with E-state index in [1.54, 1.807) is 0 Å². The number of carbonyl (C=O) groups is 1. The second kappa shape index (κ2) is 8.67. The number of amides is 1. The molecule has 0 aliphatic carbocycles. The van der Waals surface area contributed by atoms with E-state index >= 15 is 0 Å². The fourth-order valence-corrected chi connectivity index (χ4v) is 0.901. The third kappa shape index (κ3) is 10.6. The van der Waals surface area contributed by atoms with Crippen LogP contribution in [-0.4, -0.2) is 24.3 Å². The Kier molecular flexibility index (Phi) is 7.73. The summed E-state index contributed by atoms with van der Waals surface area (Å²) in [6.45, 7) is 1.03. The zero-order chi connectivity index (χ0) is 9.94. The summed E-state index contributed by atoms with van der Waals surface area (Å²) in [4.78, 5) is 12.6. The lowest BCUT2D eigenvalue weighted by molar-refractivity contribution is 0.194. The van der Waals surface area contributed by atoms with Crippen molar-refractivity contribution in [3.63, 3.8) is 0 Å². The van der Waals surface area contributed by atoms with Gasteiger partial charge in [-0.3, -0.25) is 0 Å². The number of nitrogens with one attached hydrogen (secondary N) is 1.